The first kappa shape index (κ1) is 16.1. The summed E-state index contributed by atoms with van der Waals surface area (Å²) in [5.74, 6) is 1.95. The Kier molecular flexibility index (Phi) is 5.14. The van der Waals surface area contributed by atoms with Crippen LogP contribution in [0.5, 0.6) is 11.5 Å². The van der Waals surface area contributed by atoms with Crippen molar-refractivity contribution in [3.8, 4) is 11.5 Å². The zero-order valence-electron chi connectivity index (χ0n) is 13.5. The maximum atomic E-state index is 5.40. The monoisotopic (exact) mass is 397 g/mol. The van der Waals surface area contributed by atoms with Crippen LogP contribution in [0.3, 0.4) is 0 Å². The SMILES string of the molecule is COc1cc(C)c([I+]c2cc(C)c(OC)cc2C)cc1C. The summed E-state index contributed by atoms with van der Waals surface area (Å²) in [5.41, 5.74) is 5.05. The van der Waals surface area contributed by atoms with Crippen molar-refractivity contribution in [2.24, 2.45) is 0 Å². The summed E-state index contributed by atoms with van der Waals surface area (Å²) in [5, 5.41) is 0. The predicted octanol–water partition coefficient (Wildman–Crippen LogP) is 1.07. The molecule has 0 bridgehead atoms. The molecular formula is C18H22IO2+. The number of aryl methyl sites for hydroxylation is 4. The lowest BCUT2D eigenvalue weighted by Gasteiger charge is -2.07. The zero-order chi connectivity index (χ0) is 15.6. The third-order valence-electron chi connectivity index (χ3n) is 3.56. The second-order valence-electron chi connectivity index (χ2n) is 5.24. The van der Waals surface area contributed by atoms with Gasteiger partial charge in [-0.25, -0.2) is 0 Å². The van der Waals surface area contributed by atoms with E-state index in [1.54, 1.807) is 14.2 Å². The van der Waals surface area contributed by atoms with Gasteiger partial charge >= 0.3 is 21.2 Å². The molecule has 2 rings (SSSR count). The number of hydrogen-bond donors (Lipinski definition) is 0. The summed E-state index contributed by atoms with van der Waals surface area (Å²) in [6, 6.07) is 8.85. The molecule has 0 heterocycles. The van der Waals surface area contributed by atoms with Gasteiger partial charge in [0.25, 0.3) is 0 Å². The van der Waals surface area contributed by atoms with E-state index in [-0.39, 0.29) is 21.2 Å². The van der Waals surface area contributed by atoms with Crippen LogP contribution in [-0.4, -0.2) is 14.2 Å². The normalized spacial score (nSPS) is 10.6. The zero-order valence-corrected chi connectivity index (χ0v) is 15.7. The van der Waals surface area contributed by atoms with Gasteiger partial charge in [0.1, 0.15) is 11.5 Å². The Morgan fingerprint density at radius 3 is 1.33 bits per heavy atom. The fourth-order valence-electron chi connectivity index (χ4n) is 2.26. The van der Waals surface area contributed by atoms with Crippen LogP contribution < -0.4 is 30.7 Å². The summed E-state index contributed by atoms with van der Waals surface area (Å²) in [7, 11) is 3.46. The molecule has 0 aromatic heterocycles. The van der Waals surface area contributed by atoms with Crippen molar-refractivity contribution in [1.29, 1.82) is 0 Å². The van der Waals surface area contributed by atoms with E-state index in [9.17, 15) is 0 Å². The molecule has 0 unspecified atom stereocenters. The largest absolute Gasteiger partial charge is 0.496 e. The van der Waals surface area contributed by atoms with Gasteiger partial charge in [-0.2, -0.15) is 0 Å². The molecule has 0 aliphatic carbocycles. The molecule has 0 aliphatic rings. The van der Waals surface area contributed by atoms with Crippen molar-refractivity contribution >= 4 is 0 Å². The van der Waals surface area contributed by atoms with Gasteiger partial charge in [0, 0.05) is 11.1 Å². The average molecular weight is 397 g/mol. The number of methoxy groups -OCH3 is 2. The van der Waals surface area contributed by atoms with Gasteiger partial charge in [-0.15, -0.1) is 0 Å². The minimum Gasteiger partial charge on any atom is -0.496 e. The van der Waals surface area contributed by atoms with Crippen LogP contribution in [-0.2, 0) is 0 Å². The highest BCUT2D eigenvalue weighted by atomic mass is 127. The lowest BCUT2D eigenvalue weighted by atomic mass is 10.1. The highest BCUT2D eigenvalue weighted by molar-refractivity contribution is 5.37. The Bertz CT molecular complexity index is 605. The fraction of sp³-hybridized carbons (Fsp3) is 0.333. The Morgan fingerprint density at radius 2 is 1.00 bits per heavy atom. The van der Waals surface area contributed by atoms with Gasteiger partial charge in [0.05, 0.1) is 14.2 Å². The Morgan fingerprint density at radius 1 is 0.619 bits per heavy atom. The molecule has 3 heteroatoms. The first-order valence-electron chi connectivity index (χ1n) is 6.91. The molecule has 2 aromatic carbocycles. The van der Waals surface area contributed by atoms with E-state index in [4.69, 9.17) is 9.47 Å². The van der Waals surface area contributed by atoms with E-state index in [1.165, 1.54) is 29.4 Å². The van der Waals surface area contributed by atoms with Crippen molar-refractivity contribution in [2.75, 3.05) is 14.2 Å². The summed E-state index contributed by atoms with van der Waals surface area (Å²) >= 11 is -0.196. The molecule has 0 atom stereocenters. The molecule has 21 heavy (non-hydrogen) atoms. The second-order valence-corrected chi connectivity index (χ2v) is 8.10. The van der Waals surface area contributed by atoms with Crippen molar-refractivity contribution in [3.05, 3.63) is 53.7 Å². The summed E-state index contributed by atoms with van der Waals surface area (Å²) in [6.45, 7) is 8.56. The lowest BCUT2D eigenvalue weighted by Crippen LogP contribution is -3.62. The van der Waals surface area contributed by atoms with Gasteiger partial charge in [0.2, 0.25) is 0 Å². The molecule has 112 valence electrons. The second kappa shape index (κ2) is 6.69. The third kappa shape index (κ3) is 3.51. The third-order valence-corrected chi connectivity index (χ3v) is 7.04. The average Bonchev–Trinajstić information content (AvgIpc) is 2.45. The number of benzene rings is 2. The summed E-state index contributed by atoms with van der Waals surface area (Å²) in [6.07, 6.45) is 0. The smallest absolute Gasteiger partial charge is 0.358 e. The number of rotatable bonds is 4. The van der Waals surface area contributed by atoms with Gasteiger partial charge in [-0.1, -0.05) is 0 Å². The van der Waals surface area contributed by atoms with Gasteiger partial charge in [0.15, 0.2) is 7.14 Å². The molecule has 0 amide bonds. The first-order chi connectivity index (χ1) is 9.96. The molecule has 0 saturated heterocycles. The Balaban J connectivity index is 2.39. The van der Waals surface area contributed by atoms with Crippen LogP contribution in [0.1, 0.15) is 22.3 Å². The van der Waals surface area contributed by atoms with E-state index in [1.807, 2.05) is 0 Å². The predicted molar refractivity (Wildman–Crippen MR) is 82.3 cm³/mol. The molecule has 0 radical (unpaired) electrons. The van der Waals surface area contributed by atoms with E-state index >= 15 is 0 Å². The Hall–Kier alpha value is -1.23. The highest BCUT2D eigenvalue weighted by Crippen LogP contribution is 2.20. The standard InChI is InChI=1S/C18H22IO2/c1-11-9-17(20-5)13(3)7-15(11)19-16-8-14(4)18(21-6)10-12(16)2/h7-10H,1-6H3/q+1. The molecule has 0 aliphatic heterocycles. The molecule has 2 aromatic rings. The molecule has 0 N–H and O–H groups in total. The molecule has 0 saturated carbocycles. The lowest BCUT2D eigenvalue weighted by molar-refractivity contribution is -0.598. The van der Waals surface area contributed by atoms with Crippen molar-refractivity contribution in [1.82, 2.24) is 0 Å². The Labute approximate surface area is 137 Å². The molecule has 2 nitrogen and oxygen atoms in total. The summed E-state index contributed by atoms with van der Waals surface area (Å²) < 4.78 is 13.7. The van der Waals surface area contributed by atoms with Crippen molar-refractivity contribution in [2.45, 2.75) is 27.7 Å². The van der Waals surface area contributed by atoms with E-state index in [0.29, 0.717) is 0 Å². The molecule has 0 fully saturated rings. The summed E-state index contributed by atoms with van der Waals surface area (Å²) in [4.78, 5) is 0. The van der Waals surface area contributed by atoms with Gasteiger partial charge in [-0.05, 0) is 63.1 Å². The molecule has 0 spiro atoms. The molecular weight excluding hydrogens is 375 g/mol. The number of halogens is 1. The first-order valence-corrected chi connectivity index (χ1v) is 9.07. The van der Waals surface area contributed by atoms with Crippen LogP contribution in [0.4, 0.5) is 0 Å². The van der Waals surface area contributed by atoms with E-state index in [0.717, 1.165) is 11.5 Å². The van der Waals surface area contributed by atoms with Crippen LogP contribution in [0.2, 0.25) is 0 Å². The number of hydrogen-bond acceptors (Lipinski definition) is 2. The van der Waals surface area contributed by atoms with Crippen molar-refractivity contribution < 1.29 is 30.7 Å². The van der Waals surface area contributed by atoms with Gasteiger partial charge in [-0.3, -0.25) is 0 Å². The van der Waals surface area contributed by atoms with Crippen LogP contribution in [0.25, 0.3) is 0 Å². The minimum atomic E-state index is -0.196. The maximum Gasteiger partial charge on any atom is 0.358 e. The van der Waals surface area contributed by atoms with Gasteiger partial charge < -0.3 is 9.47 Å². The fourth-order valence-corrected chi connectivity index (χ4v) is 5.30. The van der Waals surface area contributed by atoms with Crippen LogP contribution >= 0.6 is 0 Å². The van der Waals surface area contributed by atoms with E-state index < -0.39 is 0 Å². The topological polar surface area (TPSA) is 18.5 Å². The van der Waals surface area contributed by atoms with Crippen LogP contribution in [0.15, 0.2) is 24.3 Å². The van der Waals surface area contributed by atoms with E-state index in [2.05, 4.69) is 52.0 Å². The number of ether oxygens (including phenoxy) is 2. The van der Waals surface area contributed by atoms with Crippen molar-refractivity contribution in [3.63, 3.8) is 0 Å². The highest BCUT2D eigenvalue weighted by Gasteiger charge is 2.23. The quantitative estimate of drug-likeness (QED) is 0.719. The minimum absolute atomic E-state index is 0.196. The maximum absolute atomic E-state index is 5.40. The van der Waals surface area contributed by atoms with Crippen LogP contribution in [0, 0.1) is 34.8 Å².